The molecule has 1 saturated heterocycles. The lowest BCUT2D eigenvalue weighted by Gasteiger charge is -2.35. The molecular weight excluding hydrogens is 332 g/mol. The highest BCUT2D eigenvalue weighted by Crippen LogP contribution is 2.25. The number of carbonyl (C=O) groups excluding carboxylic acids is 1. The molecule has 0 spiro atoms. The number of pyridine rings is 1. The summed E-state index contributed by atoms with van der Waals surface area (Å²) in [5.41, 5.74) is 0.577. The van der Waals surface area contributed by atoms with E-state index >= 15 is 0 Å². The summed E-state index contributed by atoms with van der Waals surface area (Å²) in [7, 11) is 0. The van der Waals surface area contributed by atoms with Crippen LogP contribution in [0.15, 0.2) is 18.3 Å². The lowest BCUT2D eigenvalue weighted by molar-refractivity contribution is -0.137. The molecule has 3 rings (SSSR count). The summed E-state index contributed by atoms with van der Waals surface area (Å²) in [6.07, 6.45) is 11.0. The summed E-state index contributed by atoms with van der Waals surface area (Å²) >= 11 is 0. The first kappa shape index (κ1) is 18.7. The van der Waals surface area contributed by atoms with Crippen LogP contribution in [0.4, 0.5) is 0 Å². The molecule has 1 saturated carbocycles. The number of amides is 1. The molecule has 1 N–H and O–H groups in total. The van der Waals surface area contributed by atoms with Gasteiger partial charge < -0.3 is 14.7 Å². The number of carboxylic acids is 1. The van der Waals surface area contributed by atoms with Gasteiger partial charge in [0.05, 0.1) is 0 Å². The van der Waals surface area contributed by atoms with Crippen LogP contribution in [0, 0.1) is 0 Å². The second-order valence-corrected chi connectivity index (χ2v) is 7.34. The highest BCUT2D eigenvalue weighted by atomic mass is 16.5. The first-order valence-electron chi connectivity index (χ1n) is 9.79. The summed E-state index contributed by atoms with van der Waals surface area (Å²) in [6.45, 7) is 0.685. The first-order valence-corrected chi connectivity index (χ1v) is 9.79. The minimum absolute atomic E-state index is 0.00299. The van der Waals surface area contributed by atoms with Gasteiger partial charge in [-0.05, 0) is 57.4 Å². The number of piperidine rings is 1. The average Bonchev–Trinajstić information content (AvgIpc) is 2.67. The number of nitrogens with zero attached hydrogens (tertiary/aromatic N) is 2. The van der Waals surface area contributed by atoms with E-state index in [1.54, 1.807) is 18.3 Å². The molecule has 1 unspecified atom stereocenters. The van der Waals surface area contributed by atoms with Crippen LogP contribution in [0.3, 0.4) is 0 Å². The zero-order chi connectivity index (χ0) is 18.4. The van der Waals surface area contributed by atoms with Crippen molar-refractivity contribution in [3.63, 3.8) is 0 Å². The molecule has 2 aliphatic rings. The van der Waals surface area contributed by atoms with E-state index in [2.05, 4.69) is 4.98 Å². The Kier molecular flexibility index (Phi) is 6.47. The van der Waals surface area contributed by atoms with E-state index < -0.39 is 5.97 Å². The number of likely N-dealkylation sites (tertiary alicyclic amines) is 1. The van der Waals surface area contributed by atoms with Crippen molar-refractivity contribution in [2.45, 2.75) is 76.4 Å². The zero-order valence-electron chi connectivity index (χ0n) is 15.2. The van der Waals surface area contributed by atoms with Gasteiger partial charge in [-0.15, -0.1) is 0 Å². The molecule has 2 fully saturated rings. The molecule has 1 aliphatic carbocycles. The van der Waals surface area contributed by atoms with Crippen molar-refractivity contribution in [2.24, 2.45) is 0 Å². The number of aromatic nitrogens is 1. The number of rotatable bonds is 6. The Morgan fingerprint density at radius 2 is 1.92 bits per heavy atom. The van der Waals surface area contributed by atoms with Crippen molar-refractivity contribution in [1.82, 2.24) is 9.88 Å². The van der Waals surface area contributed by atoms with Crippen LogP contribution in [0.25, 0.3) is 0 Å². The van der Waals surface area contributed by atoms with E-state index in [0.717, 1.165) is 32.1 Å². The Balaban J connectivity index is 1.67. The SMILES string of the molecule is O=C(O)CCC1CCCCN1C(=O)c1ccnc(OC2CCCCC2)c1. The van der Waals surface area contributed by atoms with E-state index in [9.17, 15) is 9.59 Å². The maximum atomic E-state index is 13.0. The second kappa shape index (κ2) is 9.01. The minimum Gasteiger partial charge on any atom is -0.481 e. The number of hydrogen-bond acceptors (Lipinski definition) is 4. The Bertz CT molecular complexity index is 628. The number of carbonyl (C=O) groups is 2. The van der Waals surface area contributed by atoms with E-state index in [1.807, 2.05) is 4.90 Å². The maximum Gasteiger partial charge on any atom is 0.303 e. The Labute approximate surface area is 154 Å². The molecule has 142 valence electrons. The fraction of sp³-hybridized carbons (Fsp3) is 0.650. The topological polar surface area (TPSA) is 79.7 Å². The average molecular weight is 360 g/mol. The number of hydrogen-bond donors (Lipinski definition) is 1. The van der Waals surface area contributed by atoms with Crippen LogP contribution in [-0.2, 0) is 4.79 Å². The van der Waals surface area contributed by atoms with Gasteiger partial charge >= 0.3 is 5.97 Å². The number of carboxylic acid groups (broad SMARTS) is 1. The molecule has 6 nitrogen and oxygen atoms in total. The maximum absolute atomic E-state index is 13.0. The Hall–Kier alpha value is -2.11. The van der Waals surface area contributed by atoms with Crippen LogP contribution in [0.1, 0.15) is 74.6 Å². The van der Waals surface area contributed by atoms with Crippen LogP contribution < -0.4 is 4.74 Å². The molecule has 6 heteroatoms. The van der Waals surface area contributed by atoms with Crippen LogP contribution >= 0.6 is 0 Å². The monoisotopic (exact) mass is 360 g/mol. The summed E-state index contributed by atoms with van der Waals surface area (Å²) in [5.74, 6) is -0.340. The molecule has 0 bridgehead atoms. The van der Waals surface area contributed by atoms with Gasteiger partial charge in [-0.3, -0.25) is 9.59 Å². The van der Waals surface area contributed by atoms with Crippen LogP contribution in [0.5, 0.6) is 5.88 Å². The summed E-state index contributed by atoms with van der Waals surface area (Å²) < 4.78 is 5.98. The third kappa shape index (κ3) is 4.96. The van der Waals surface area contributed by atoms with E-state index in [-0.39, 0.29) is 24.5 Å². The predicted molar refractivity (Wildman–Crippen MR) is 97.3 cm³/mol. The molecule has 0 radical (unpaired) electrons. The first-order chi connectivity index (χ1) is 12.6. The molecule has 1 aliphatic heterocycles. The third-order valence-corrected chi connectivity index (χ3v) is 5.40. The molecule has 1 atom stereocenters. The van der Waals surface area contributed by atoms with Gasteiger partial charge in [0, 0.05) is 36.8 Å². The third-order valence-electron chi connectivity index (χ3n) is 5.40. The predicted octanol–water partition coefficient (Wildman–Crippen LogP) is 3.65. The molecule has 0 aromatic carbocycles. The van der Waals surface area contributed by atoms with Gasteiger partial charge in [-0.1, -0.05) is 6.42 Å². The second-order valence-electron chi connectivity index (χ2n) is 7.34. The summed E-state index contributed by atoms with van der Waals surface area (Å²) in [4.78, 5) is 30.0. The Morgan fingerprint density at radius 3 is 2.69 bits per heavy atom. The van der Waals surface area contributed by atoms with Crippen molar-refractivity contribution >= 4 is 11.9 Å². The van der Waals surface area contributed by atoms with Crippen LogP contribution in [-0.4, -0.2) is 45.6 Å². The van der Waals surface area contributed by atoms with Gasteiger partial charge in [-0.2, -0.15) is 0 Å². The minimum atomic E-state index is -0.810. The van der Waals surface area contributed by atoms with Gasteiger partial charge in [0.15, 0.2) is 0 Å². The van der Waals surface area contributed by atoms with Crippen molar-refractivity contribution in [2.75, 3.05) is 6.54 Å². The zero-order valence-corrected chi connectivity index (χ0v) is 15.2. The van der Waals surface area contributed by atoms with Crippen LogP contribution in [0.2, 0.25) is 0 Å². The molecular formula is C20H28N2O4. The molecule has 1 amide bonds. The van der Waals surface area contributed by atoms with Crippen molar-refractivity contribution < 1.29 is 19.4 Å². The van der Waals surface area contributed by atoms with E-state index in [0.29, 0.717) is 24.4 Å². The summed E-state index contributed by atoms with van der Waals surface area (Å²) in [6, 6.07) is 3.46. The normalized spacial score (nSPS) is 21.4. The molecule has 1 aromatic rings. The van der Waals surface area contributed by atoms with E-state index in [1.165, 1.54) is 19.3 Å². The molecule has 1 aromatic heterocycles. The molecule has 26 heavy (non-hydrogen) atoms. The lowest BCUT2D eigenvalue weighted by Crippen LogP contribution is -2.44. The largest absolute Gasteiger partial charge is 0.481 e. The van der Waals surface area contributed by atoms with Gasteiger partial charge in [0.1, 0.15) is 6.10 Å². The fourth-order valence-electron chi connectivity index (χ4n) is 3.98. The van der Waals surface area contributed by atoms with E-state index in [4.69, 9.17) is 9.84 Å². The summed E-state index contributed by atoms with van der Waals surface area (Å²) in [5, 5.41) is 8.95. The fourth-order valence-corrected chi connectivity index (χ4v) is 3.98. The van der Waals surface area contributed by atoms with Gasteiger partial charge in [0.25, 0.3) is 5.91 Å². The van der Waals surface area contributed by atoms with Crippen molar-refractivity contribution in [3.05, 3.63) is 23.9 Å². The number of aliphatic carboxylic acids is 1. The van der Waals surface area contributed by atoms with Gasteiger partial charge in [0.2, 0.25) is 5.88 Å². The molecule has 2 heterocycles. The lowest BCUT2D eigenvalue weighted by atomic mass is 9.97. The quantitative estimate of drug-likeness (QED) is 0.837. The van der Waals surface area contributed by atoms with Crippen molar-refractivity contribution in [1.29, 1.82) is 0 Å². The highest BCUT2D eigenvalue weighted by Gasteiger charge is 2.28. The number of ether oxygens (including phenoxy) is 1. The highest BCUT2D eigenvalue weighted by molar-refractivity contribution is 5.94. The van der Waals surface area contributed by atoms with Gasteiger partial charge in [-0.25, -0.2) is 4.98 Å². The smallest absolute Gasteiger partial charge is 0.303 e. The Morgan fingerprint density at radius 1 is 1.15 bits per heavy atom. The standard InChI is InChI=1S/C20H28N2O4/c23-19(24)10-9-16-6-4-5-13-22(16)20(25)15-11-12-21-18(14-15)26-17-7-2-1-3-8-17/h11-12,14,16-17H,1-10,13H2,(H,23,24). The van der Waals surface area contributed by atoms with Crippen molar-refractivity contribution in [3.8, 4) is 5.88 Å².